The van der Waals surface area contributed by atoms with Gasteiger partial charge in [-0.05, 0) is 52.1 Å². The second-order valence-corrected chi connectivity index (χ2v) is 10.4. The van der Waals surface area contributed by atoms with Gasteiger partial charge in [-0.3, -0.25) is 0 Å². The average Bonchev–Trinajstić information content (AvgIpc) is 2.91. The van der Waals surface area contributed by atoms with Crippen LogP contribution in [0.1, 0.15) is 66.1 Å². The quantitative estimate of drug-likeness (QED) is 0.738. The van der Waals surface area contributed by atoms with Crippen molar-refractivity contribution in [2.75, 3.05) is 13.7 Å². The number of hydrogen-bond donors (Lipinski definition) is 1. The Labute approximate surface area is 157 Å². The van der Waals surface area contributed by atoms with Gasteiger partial charge in [0.25, 0.3) is 5.88 Å². The summed E-state index contributed by atoms with van der Waals surface area (Å²) in [6, 6.07) is 1.49. The molecule has 1 saturated heterocycles. The van der Waals surface area contributed by atoms with Crippen LogP contribution in [0.5, 0.6) is 5.88 Å². The fraction of sp³-hybridized carbons (Fsp3) is 0.833. The molecule has 7 nitrogen and oxygen atoms in total. The van der Waals surface area contributed by atoms with E-state index in [9.17, 15) is 8.42 Å². The third-order valence-electron chi connectivity index (χ3n) is 4.74. The predicted molar refractivity (Wildman–Crippen MR) is 102 cm³/mol. The van der Waals surface area contributed by atoms with Crippen molar-refractivity contribution in [3.05, 3.63) is 11.8 Å². The summed E-state index contributed by atoms with van der Waals surface area (Å²) < 4.78 is 38.2. The average molecular weight is 388 g/mol. The highest BCUT2D eigenvalue weighted by Crippen LogP contribution is 2.33. The van der Waals surface area contributed by atoms with E-state index in [1.807, 2.05) is 0 Å². The van der Waals surface area contributed by atoms with Gasteiger partial charge in [-0.1, -0.05) is 13.3 Å². The number of aromatic nitrogens is 1. The lowest BCUT2D eigenvalue weighted by Gasteiger charge is -2.49. The van der Waals surface area contributed by atoms with Crippen molar-refractivity contribution < 1.29 is 17.7 Å². The Morgan fingerprint density at radius 1 is 1.31 bits per heavy atom. The van der Waals surface area contributed by atoms with Gasteiger partial charge in [-0.25, -0.2) is 8.42 Å². The van der Waals surface area contributed by atoms with Gasteiger partial charge < -0.3 is 14.6 Å². The second kappa shape index (κ2) is 7.86. The molecule has 1 aliphatic heterocycles. The van der Waals surface area contributed by atoms with E-state index in [2.05, 4.69) is 45.1 Å². The maximum absolute atomic E-state index is 13.2. The van der Waals surface area contributed by atoms with Gasteiger partial charge in [0.2, 0.25) is 10.0 Å². The highest BCUT2D eigenvalue weighted by Gasteiger charge is 2.43. The normalized spacial score (nSPS) is 20.4. The number of ether oxygens (including phenoxy) is 1. The van der Waals surface area contributed by atoms with Gasteiger partial charge in [0.1, 0.15) is 5.75 Å². The second-order valence-electron chi connectivity index (χ2n) is 8.51. The molecule has 1 N–H and O–H groups in total. The zero-order chi connectivity index (χ0) is 19.6. The van der Waals surface area contributed by atoms with E-state index >= 15 is 0 Å². The van der Waals surface area contributed by atoms with E-state index in [0.29, 0.717) is 18.2 Å². The number of rotatable bonds is 8. The van der Waals surface area contributed by atoms with Gasteiger partial charge in [0, 0.05) is 29.7 Å². The van der Waals surface area contributed by atoms with Crippen LogP contribution in [0.25, 0.3) is 0 Å². The Morgan fingerprint density at radius 2 is 1.92 bits per heavy atom. The molecule has 0 spiro atoms. The first-order valence-corrected chi connectivity index (χ1v) is 10.9. The van der Waals surface area contributed by atoms with E-state index in [-0.39, 0.29) is 22.9 Å². The molecule has 1 aromatic rings. The Hall–Kier alpha value is -1.12. The molecule has 1 fully saturated rings. The van der Waals surface area contributed by atoms with Crippen LogP contribution in [0.4, 0.5) is 0 Å². The molecule has 0 saturated carbocycles. The molecular formula is C18H33N3O4S. The minimum atomic E-state index is -3.53. The number of nitrogens with zero attached hydrogens (tertiary/aromatic N) is 2. The molecule has 2 heterocycles. The van der Waals surface area contributed by atoms with Crippen molar-refractivity contribution in [3.63, 3.8) is 0 Å². The lowest BCUT2D eigenvalue weighted by Crippen LogP contribution is -2.62. The summed E-state index contributed by atoms with van der Waals surface area (Å²) in [5, 5.41) is 7.33. The summed E-state index contributed by atoms with van der Waals surface area (Å²) in [6.07, 6.45) is 3.34. The lowest BCUT2D eigenvalue weighted by atomic mass is 9.79. The van der Waals surface area contributed by atoms with Crippen LogP contribution >= 0.6 is 0 Å². The molecule has 2 rings (SSSR count). The largest absolute Gasteiger partial charge is 0.479 e. The number of unbranched alkanes of at least 4 members (excludes halogenated alkanes) is 1. The van der Waals surface area contributed by atoms with Gasteiger partial charge in [-0.15, -0.1) is 0 Å². The molecule has 1 aliphatic rings. The molecule has 0 amide bonds. The molecule has 1 aromatic heterocycles. The molecule has 0 aliphatic carbocycles. The molecule has 150 valence electrons. The Balaban J connectivity index is 2.27. The summed E-state index contributed by atoms with van der Waals surface area (Å²) >= 11 is 0. The third-order valence-corrected chi connectivity index (χ3v) is 6.58. The summed E-state index contributed by atoms with van der Waals surface area (Å²) in [5.74, 6) is 0.396. The van der Waals surface area contributed by atoms with Crippen molar-refractivity contribution >= 4 is 10.0 Å². The molecule has 26 heavy (non-hydrogen) atoms. The first-order chi connectivity index (χ1) is 12.0. The molecular weight excluding hydrogens is 354 g/mol. The van der Waals surface area contributed by atoms with Crippen LogP contribution in [-0.4, -0.2) is 48.7 Å². The van der Waals surface area contributed by atoms with Crippen LogP contribution in [0, 0.1) is 0 Å². The maximum Gasteiger partial charge on any atom is 0.254 e. The number of methoxy groups -OCH3 is 1. The van der Waals surface area contributed by atoms with E-state index in [0.717, 1.165) is 25.7 Å². The SMILES string of the molecule is CCCCN(C1CC(C)(C)NC(C)(C)C1)S(=O)(=O)Cc1cc(OC)no1. The standard InChI is InChI=1S/C18H33N3O4S/c1-7-8-9-21(14-11-17(2,3)20-18(4,5)12-14)26(22,23)13-15-10-16(24-6)19-25-15/h10,14,20H,7-9,11-13H2,1-6H3. The summed E-state index contributed by atoms with van der Waals surface area (Å²) in [6.45, 7) is 11.1. The first kappa shape index (κ1) is 21.2. The van der Waals surface area contributed by atoms with Crippen molar-refractivity contribution in [1.29, 1.82) is 0 Å². The maximum atomic E-state index is 13.2. The van der Waals surface area contributed by atoms with E-state index in [4.69, 9.17) is 9.26 Å². The van der Waals surface area contributed by atoms with E-state index in [1.165, 1.54) is 13.2 Å². The highest BCUT2D eigenvalue weighted by molar-refractivity contribution is 7.88. The third kappa shape index (κ3) is 5.44. The van der Waals surface area contributed by atoms with Crippen molar-refractivity contribution in [2.45, 2.75) is 83.2 Å². The minimum Gasteiger partial charge on any atom is -0.479 e. The zero-order valence-electron chi connectivity index (χ0n) is 16.8. The van der Waals surface area contributed by atoms with Crippen LogP contribution in [0.15, 0.2) is 10.6 Å². The van der Waals surface area contributed by atoms with Crippen molar-refractivity contribution in [2.24, 2.45) is 0 Å². The summed E-state index contributed by atoms with van der Waals surface area (Å²) in [7, 11) is -2.05. The molecule has 8 heteroatoms. The number of piperidine rings is 1. The van der Waals surface area contributed by atoms with Crippen LogP contribution < -0.4 is 10.1 Å². The van der Waals surface area contributed by atoms with Gasteiger partial charge >= 0.3 is 0 Å². The van der Waals surface area contributed by atoms with E-state index in [1.54, 1.807) is 4.31 Å². The monoisotopic (exact) mass is 387 g/mol. The van der Waals surface area contributed by atoms with Gasteiger partial charge in [0.15, 0.2) is 5.76 Å². The summed E-state index contributed by atoms with van der Waals surface area (Å²) in [5.41, 5.74) is -0.246. The zero-order valence-corrected chi connectivity index (χ0v) is 17.6. The summed E-state index contributed by atoms with van der Waals surface area (Å²) in [4.78, 5) is 0. The highest BCUT2D eigenvalue weighted by atomic mass is 32.2. The van der Waals surface area contributed by atoms with Crippen LogP contribution in [0.3, 0.4) is 0 Å². The molecule has 0 atom stereocenters. The topological polar surface area (TPSA) is 84.7 Å². The van der Waals surface area contributed by atoms with Gasteiger partial charge in [0.05, 0.1) is 7.11 Å². The van der Waals surface area contributed by atoms with Crippen molar-refractivity contribution in [1.82, 2.24) is 14.8 Å². The Bertz CT molecular complexity index is 681. The number of nitrogens with one attached hydrogen (secondary N) is 1. The number of hydrogen-bond acceptors (Lipinski definition) is 6. The van der Waals surface area contributed by atoms with Crippen molar-refractivity contribution in [3.8, 4) is 5.88 Å². The molecule has 0 radical (unpaired) electrons. The fourth-order valence-corrected chi connectivity index (χ4v) is 5.73. The molecule has 0 unspecified atom stereocenters. The molecule has 0 bridgehead atoms. The van der Waals surface area contributed by atoms with E-state index < -0.39 is 10.0 Å². The fourth-order valence-electron chi connectivity index (χ4n) is 4.06. The van der Waals surface area contributed by atoms with Crippen LogP contribution in [0.2, 0.25) is 0 Å². The minimum absolute atomic E-state index is 0.0392. The lowest BCUT2D eigenvalue weighted by molar-refractivity contribution is 0.108. The Kier molecular flexibility index (Phi) is 6.40. The van der Waals surface area contributed by atoms with Crippen LogP contribution in [-0.2, 0) is 15.8 Å². The smallest absolute Gasteiger partial charge is 0.254 e. The Morgan fingerprint density at radius 3 is 2.42 bits per heavy atom. The van der Waals surface area contributed by atoms with Gasteiger partial charge in [-0.2, -0.15) is 4.31 Å². The molecule has 0 aromatic carbocycles. The number of sulfonamides is 1. The predicted octanol–water partition coefficient (Wildman–Crippen LogP) is 2.92. The first-order valence-electron chi connectivity index (χ1n) is 9.26.